The van der Waals surface area contributed by atoms with E-state index in [9.17, 15) is 19.0 Å². The third-order valence-electron chi connectivity index (χ3n) is 15.7. The summed E-state index contributed by atoms with van der Waals surface area (Å²) in [7, 11) is -4.39. The summed E-state index contributed by atoms with van der Waals surface area (Å²) in [4.78, 5) is 35.3. The van der Waals surface area contributed by atoms with Crippen molar-refractivity contribution in [1.82, 2.24) is 0 Å². The zero-order valence-corrected chi connectivity index (χ0v) is 54.4. The van der Waals surface area contributed by atoms with Crippen LogP contribution in [0.2, 0.25) is 0 Å². The molecule has 0 heterocycles. The number of carbonyl (C=O) groups excluding carboxylic acids is 2. The first kappa shape index (κ1) is 79.0. The maximum absolute atomic E-state index is 12.8. The van der Waals surface area contributed by atoms with E-state index in [1.807, 2.05) is 0 Å². The van der Waals surface area contributed by atoms with Gasteiger partial charge in [-0.15, -0.1) is 0 Å². The summed E-state index contributed by atoms with van der Waals surface area (Å²) < 4.78 is 33.2. The minimum Gasteiger partial charge on any atom is -0.462 e. The molecule has 2 unspecified atom stereocenters. The molecule has 0 aromatic heterocycles. The fourth-order valence-corrected chi connectivity index (χ4v) is 11.2. The number of hydrogen-bond donors (Lipinski definition) is 2. The number of nitrogens with two attached hydrogens (primary N) is 1. The molecule has 10 heteroatoms. The topological polar surface area (TPSA) is 134 Å². The summed E-state index contributed by atoms with van der Waals surface area (Å²) >= 11 is 0. The smallest absolute Gasteiger partial charge is 0.462 e. The molecule has 2 atom stereocenters. The Bertz CT molecular complexity index is 1470. The summed E-state index contributed by atoms with van der Waals surface area (Å²) in [5, 5.41) is 0. The number of unbranched alkanes of at least 4 members (excludes halogenated alkanes) is 46. The van der Waals surface area contributed by atoms with Crippen molar-refractivity contribution in [2.45, 2.75) is 367 Å². The largest absolute Gasteiger partial charge is 0.472 e. The van der Waals surface area contributed by atoms with Crippen LogP contribution in [0.15, 0.2) is 48.6 Å². The number of phosphoric ester groups is 1. The van der Waals surface area contributed by atoms with Crippen molar-refractivity contribution >= 4 is 19.8 Å². The summed E-state index contributed by atoms with van der Waals surface area (Å²) in [5.74, 6) is -0.811. The van der Waals surface area contributed by atoms with Crippen LogP contribution in [0.1, 0.15) is 361 Å². The van der Waals surface area contributed by atoms with Gasteiger partial charge in [0.05, 0.1) is 13.2 Å². The van der Waals surface area contributed by atoms with Gasteiger partial charge >= 0.3 is 19.8 Å². The Hall–Kier alpha value is -2.03. The maximum Gasteiger partial charge on any atom is 0.472 e. The standard InChI is InChI=1S/C71H134NO8P/c1-3-5-7-9-11-13-15-17-19-21-23-25-26-27-28-29-30-31-32-33-34-35-36-37-38-39-40-41-42-44-46-48-50-52-54-56-58-60-62-64-71(74)80-69(68-79-81(75,76)78-66-65-72)67-77-70(73)63-61-59-57-55-53-51-49-47-45-43-24-22-20-18-16-14-12-10-8-6-4-2/h15,17,21-24,26-27,69H,3-14,16,18-20,25,28-68,72H2,1-2H3,(H,75,76)/b17-15-,23-21-,24-22-,27-26-. The molecular formula is C71H134NO8P. The molecule has 0 radical (unpaired) electrons. The molecule has 0 rings (SSSR count). The lowest BCUT2D eigenvalue weighted by Gasteiger charge is -2.19. The molecule has 81 heavy (non-hydrogen) atoms. The third kappa shape index (κ3) is 67.0. The molecule has 476 valence electrons. The van der Waals surface area contributed by atoms with E-state index in [1.54, 1.807) is 0 Å². The highest BCUT2D eigenvalue weighted by Gasteiger charge is 2.26. The highest BCUT2D eigenvalue weighted by atomic mass is 31.2. The molecule has 0 spiro atoms. The van der Waals surface area contributed by atoms with Gasteiger partial charge in [0, 0.05) is 19.4 Å². The average molecular weight is 1160 g/mol. The van der Waals surface area contributed by atoms with Crippen LogP contribution in [0.5, 0.6) is 0 Å². The second kappa shape index (κ2) is 67.1. The Balaban J connectivity index is 3.78. The minimum atomic E-state index is -4.39. The molecule has 0 aliphatic rings. The number of esters is 2. The zero-order chi connectivity index (χ0) is 58.7. The first-order valence-corrected chi connectivity index (χ1v) is 36.6. The first-order valence-electron chi connectivity index (χ1n) is 35.1. The van der Waals surface area contributed by atoms with Gasteiger partial charge in [-0.2, -0.15) is 0 Å². The summed E-state index contributed by atoms with van der Waals surface area (Å²) in [6, 6.07) is 0. The molecule has 0 amide bonds. The second-order valence-corrected chi connectivity index (χ2v) is 25.2. The second-order valence-electron chi connectivity index (χ2n) is 23.7. The minimum absolute atomic E-state index is 0.0549. The Morgan fingerprint density at radius 1 is 0.370 bits per heavy atom. The first-order chi connectivity index (χ1) is 39.8. The summed E-state index contributed by atoms with van der Waals surface area (Å²) in [5.41, 5.74) is 5.40. The van der Waals surface area contributed by atoms with Crippen LogP contribution in [0.3, 0.4) is 0 Å². The van der Waals surface area contributed by atoms with E-state index in [1.165, 1.54) is 283 Å². The molecule has 9 nitrogen and oxygen atoms in total. The highest BCUT2D eigenvalue weighted by Crippen LogP contribution is 2.43. The molecule has 0 bridgehead atoms. The summed E-state index contributed by atoms with van der Waals surface area (Å²) in [6.45, 7) is 3.79. The Labute approximate surface area is 502 Å². The van der Waals surface area contributed by atoms with Crippen molar-refractivity contribution in [3.63, 3.8) is 0 Å². The Morgan fingerprint density at radius 3 is 0.963 bits per heavy atom. The van der Waals surface area contributed by atoms with Gasteiger partial charge in [-0.3, -0.25) is 18.6 Å². The monoisotopic (exact) mass is 1160 g/mol. The van der Waals surface area contributed by atoms with E-state index in [0.717, 1.165) is 44.9 Å². The van der Waals surface area contributed by atoms with E-state index in [4.69, 9.17) is 24.3 Å². The van der Waals surface area contributed by atoms with Crippen molar-refractivity contribution in [2.75, 3.05) is 26.4 Å². The van der Waals surface area contributed by atoms with Crippen LogP contribution in [0.25, 0.3) is 0 Å². The molecule has 0 aliphatic heterocycles. The number of allylic oxidation sites excluding steroid dienone is 8. The SMILES string of the molecule is CCCCCCC/C=C\C/C=C\C/C=C\CCCCCCCCCCCCCCCCCCCCCCCCCCC(=O)OC(COC(=O)CCCCCCCCCCC/C=C\CCCCCCCCCC)COP(=O)(O)OCCN. The molecule has 3 N–H and O–H groups in total. The highest BCUT2D eigenvalue weighted by molar-refractivity contribution is 7.47. The van der Waals surface area contributed by atoms with Crippen molar-refractivity contribution < 1.29 is 37.6 Å². The predicted octanol–water partition coefficient (Wildman–Crippen LogP) is 22.9. The molecular weight excluding hydrogens is 1030 g/mol. The van der Waals surface area contributed by atoms with Gasteiger partial charge in [0.1, 0.15) is 6.61 Å². The van der Waals surface area contributed by atoms with E-state index >= 15 is 0 Å². The van der Waals surface area contributed by atoms with Crippen molar-refractivity contribution in [2.24, 2.45) is 5.73 Å². The van der Waals surface area contributed by atoms with Gasteiger partial charge in [0.25, 0.3) is 0 Å². The van der Waals surface area contributed by atoms with E-state index in [-0.39, 0.29) is 38.6 Å². The van der Waals surface area contributed by atoms with Gasteiger partial charge in [0.15, 0.2) is 6.10 Å². The van der Waals surface area contributed by atoms with E-state index in [0.29, 0.717) is 6.42 Å². The Morgan fingerprint density at radius 2 is 0.642 bits per heavy atom. The number of carbonyl (C=O) groups is 2. The fourth-order valence-electron chi connectivity index (χ4n) is 10.5. The van der Waals surface area contributed by atoms with Gasteiger partial charge < -0.3 is 20.1 Å². The zero-order valence-electron chi connectivity index (χ0n) is 53.5. The predicted molar refractivity (Wildman–Crippen MR) is 349 cm³/mol. The fraction of sp³-hybridized carbons (Fsp3) is 0.859. The van der Waals surface area contributed by atoms with Crippen LogP contribution in [-0.4, -0.2) is 49.3 Å². The van der Waals surface area contributed by atoms with Gasteiger partial charge in [0.2, 0.25) is 0 Å². The third-order valence-corrected chi connectivity index (χ3v) is 16.7. The number of rotatable bonds is 67. The maximum atomic E-state index is 12.8. The number of hydrogen-bond acceptors (Lipinski definition) is 8. The molecule has 0 saturated heterocycles. The van der Waals surface area contributed by atoms with E-state index in [2.05, 4.69) is 62.5 Å². The van der Waals surface area contributed by atoms with Crippen LogP contribution in [0, 0.1) is 0 Å². The lowest BCUT2D eigenvalue weighted by molar-refractivity contribution is -0.161. The average Bonchev–Trinajstić information content (AvgIpc) is 3.46. The normalized spacial score (nSPS) is 13.2. The molecule has 0 saturated carbocycles. The molecule has 0 aromatic carbocycles. The van der Waals surface area contributed by atoms with E-state index < -0.39 is 26.5 Å². The quantitative estimate of drug-likeness (QED) is 0.0264. The van der Waals surface area contributed by atoms with Crippen LogP contribution >= 0.6 is 7.82 Å². The molecule has 0 aliphatic carbocycles. The van der Waals surface area contributed by atoms with Gasteiger partial charge in [-0.25, -0.2) is 4.57 Å². The van der Waals surface area contributed by atoms with Gasteiger partial charge in [-0.1, -0.05) is 319 Å². The van der Waals surface area contributed by atoms with Crippen molar-refractivity contribution in [3.8, 4) is 0 Å². The lowest BCUT2D eigenvalue weighted by atomic mass is 10.0. The van der Waals surface area contributed by atoms with Crippen LogP contribution in [-0.2, 0) is 32.7 Å². The van der Waals surface area contributed by atoms with Crippen molar-refractivity contribution in [3.05, 3.63) is 48.6 Å². The molecule has 0 aromatic rings. The van der Waals surface area contributed by atoms with Gasteiger partial charge in [-0.05, 0) is 77.0 Å². The lowest BCUT2D eigenvalue weighted by Crippen LogP contribution is -2.29. The molecule has 0 fully saturated rings. The number of ether oxygens (including phenoxy) is 2. The number of phosphoric acid groups is 1. The Kier molecular flexibility index (Phi) is 65.4. The summed E-state index contributed by atoms with van der Waals surface area (Å²) in [6.07, 6.45) is 85.0. The van der Waals surface area contributed by atoms with Crippen LogP contribution < -0.4 is 5.73 Å². The van der Waals surface area contributed by atoms with Crippen molar-refractivity contribution in [1.29, 1.82) is 0 Å². The van der Waals surface area contributed by atoms with Crippen LogP contribution in [0.4, 0.5) is 0 Å².